The molecule has 6 nitrogen and oxygen atoms in total. The zero-order valence-corrected chi connectivity index (χ0v) is 13.8. The molecule has 0 fully saturated rings. The first-order valence-corrected chi connectivity index (χ1v) is 8.17. The van der Waals surface area contributed by atoms with Crippen LogP contribution in [0.25, 0.3) is 10.2 Å². The topological polar surface area (TPSA) is 76.5 Å². The lowest BCUT2D eigenvalue weighted by Crippen LogP contribution is -2.12. The summed E-state index contributed by atoms with van der Waals surface area (Å²) >= 11 is 3.08. The zero-order chi connectivity index (χ0) is 15.1. The maximum Gasteiger partial charge on any atom is 0.259 e. The molecule has 0 aromatic carbocycles. The molecule has 3 rings (SSSR count). The van der Waals surface area contributed by atoms with Crippen molar-refractivity contribution in [3.63, 3.8) is 0 Å². The van der Waals surface area contributed by atoms with Crippen LogP contribution in [0.2, 0.25) is 0 Å². The fourth-order valence-electron chi connectivity index (χ4n) is 2.06. The molecule has 0 saturated carbocycles. The second-order valence-corrected chi connectivity index (χ2v) is 7.41. The van der Waals surface area contributed by atoms with Crippen LogP contribution >= 0.6 is 23.1 Å². The molecular weight excluding hydrogens is 306 g/mol. The minimum atomic E-state index is -0.0673. The Morgan fingerprint density at radius 1 is 1.43 bits per heavy atom. The van der Waals surface area contributed by atoms with E-state index in [9.17, 15) is 4.79 Å². The SMILES string of the molecule is Cc1sc2nc([C@H](C)Sc3nncn3C)[nH]c(=O)c2c1C. The van der Waals surface area contributed by atoms with E-state index in [1.807, 2.05) is 32.4 Å². The zero-order valence-electron chi connectivity index (χ0n) is 12.2. The first-order chi connectivity index (χ1) is 9.97. The van der Waals surface area contributed by atoms with Crippen LogP contribution in [0.3, 0.4) is 0 Å². The van der Waals surface area contributed by atoms with Gasteiger partial charge < -0.3 is 9.55 Å². The van der Waals surface area contributed by atoms with Crippen LogP contribution in [-0.4, -0.2) is 24.7 Å². The van der Waals surface area contributed by atoms with Gasteiger partial charge in [0.15, 0.2) is 5.16 Å². The second-order valence-electron chi connectivity index (χ2n) is 4.90. The molecule has 0 aliphatic carbocycles. The molecule has 0 amide bonds. The Morgan fingerprint density at radius 2 is 2.19 bits per heavy atom. The number of hydrogen-bond donors (Lipinski definition) is 1. The average molecular weight is 321 g/mol. The van der Waals surface area contributed by atoms with Crippen molar-refractivity contribution in [1.82, 2.24) is 24.7 Å². The molecule has 8 heteroatoms. The van der Waals surface area contributed by atoms with Crippen molar-refractivity contribution < 1.29 is 0 Å². The highest BCUT2D eigenvalue weighted by atomic mass is 32.2. The van der Waals surface area contributed by atoms with E-state index in [2.05, 4.69) is 20.2 Å². The summed E-state index contributed by atoms with van der Waals surface area (Å²) in [5, 5.41) is 9.39. The van der Waals surface area contributed by atoms with Gasteiger partial charge in [-0.25, -0.2) is 4.98 Å². The van der Waals surface area contributed by atoms with Crippen molar-refractivity contribution in [2.45, 2.75) is 31.2 Å². The van der Waals surface area contributed by atoms with Gasteiger partial charge in [0.05, 0.1) is 10.6 Å². The van der Waals surface area contributed by atoms with Gasteiger partial charge in [0.2, 0.25) is 0 Å². The summed E-state index contributed by atoms with van der Waals surface area (Å²) in [5.74, 6) is 0.668. The summed E-state index contributed by atoms with van der Waals surface area (Å²) in [6.07, 6.45) is 1.65. The lowest BCUT2D eigenvalue weighted by atomic mass is 10.2. The van der Waals surface area contributed by atoms with Crippen LogP contribution in [0.5, 0.6) is 0 Å². The van der Waals surface area contributed by atoms with E-state index in [1.54, 1.807) is 17.7 Å². The molecule has 1 N–H and O–H groups in total. The molecule has 1 atom stereocenters. The number of aromatic nitrogens is 5. The summed E-state index contributed by atoms with van der Waals surface area (Å²) in [5.41, 5.74) is 0.950. The van der Waals surface area contributed by atoms with Crippen molar-refractivity contribution >= 4 is 33.3 Å². The largest absolute Gasteiger partial charge is 0.312 e. The quantitative estimate of drug-likeness (QED) is 0.750. The van der Waals surface area contributed by atoms with Gasteiger partial charge in [-0.3, -0.25) is 4.79 Å². The van der Waals surface area contributed by atoms with Crippen molar-refractivity contribution in [2.24, 2.45) is 7.05 Å². The Kier molecular flexibility index (Phi) is 3.58. The fourth-order valence-corrected chi connectivity index (χ4v) is 3.94. The van der Waals surface area contributed by atoms with Gasteiger partial charge in [-0.1, -0.05) is 11.8 Å². The smallest absolute Gasteiger partial charge is 0.259 e. The number of nitrogens with zero attached hydrogens (tertiary/aromatic N) is 4. The highest BCUT2D eigenvalue weighted by molar-refractivity contribution is 7.99. The number of thiophene rings is 1. The number of thioether (sulfide) groups is 1. The molecule has 3 aromatic heterocycles. The van der Waals surface area contributed by atoms with Gasteiger partial charge in [0.25, 0.3) is 5.56 Å². The summed E-state index contributed by atoms with van der Waals surface area (Å²) in [4.78, 5) is 21.7. The number of aromatic amines is 1. The Bertz CT molecular complexity index is 863. The molecule has 3 aromatic rings. The van der Waals surface area contributed by atoms with Gasteiger partial charge >= 0.3 is 0 Å². The number of hydrogen-bond acceptors (Lipinski definition) is 6. The van der Waals surface area contributed by atoms with E-state index in [4.69, 9.17) is 0 Å². The number of H-pyrrole nitrogens is 1. The third kappa shape index (κ3) is 2.49. The summed E-state index contributed by atoms with van der Waals surface area (Å²) in [7, 11) is 1.89. The Balaban J connectivity index is 2.01. The Hall–Kier alpha value is -1.67. The van der Waals surface area contributed by atoms with E-state index in [0.717, 1.165) is 20.4 Å². The molecule has 0 bridgehead atoms. The number of nitrogens with one attached hydrogen (secondary N) is 1. The predicted molar refractivity (Wildman–Crippen MR) is 85.0 cm³/mol. The van der Waals surface area contributed by atoms with Crippen LogP contribution < -0.4 is 5.56 Å². The van der Waals surface area contributed by atoms with E-state index in [1.165, 1.54) is 11.8 Å². The van der Waals surface area contributed by atoms with Crippen molar-refractivity contribution in [3.05, 3.63) is 32.9 Å². The van der Waals surface area contributed by atoms with Gasteiger partial charge in [-0.15, -0.1) is 21.5 Å². The Morgan fingerprint density at radius 3 is 2.86 bits per heavy atom. The lowest BCUT2D eigenvalue weighted by Gasteiger charge is -2.09. The summed E-state index contributed by atoms with van der Waals surface area (Å²) in [6, 6.07) is 0. The molecule has 0 radical (unpaired) electrons. The van der Waals surface area contributed by atoms with Crippen LogP contribution in [0.4, 0.5) is 0 Å². The van der Waals surface area contributed by atoms with E-state index < -0.39 is 0 Å². The van der Waals surface area contributed by atoms with Gasteiger partial charge in [-0.2, -0.15) is 0 Å². The molecule has 21 heavy (non-hydrogen) atoms. The number of fused-ring (bicyclic) bond motifs is 1. The van der Waals surface area contributed by atoms with Crippen LogP contribution in [0.15, 0.2) is 16.3 Å². The first kappa shape index (κ1) is 14.3. The minimum Gasteiger partial charge on any atom is -0.312 e. The fraction of sp³-hybridized carbons (Fsp3) is 0.385. The van der Waals surface area contributed by atoms with Gasteiger partial charge in [0, 0.05) is 11.9 Å². The molecule has 0 aliphatic heterocycles. The van der Waals surface area contributed by atoms with Gasteiger partial charge in [-0.05, 0) is 26.3 Å². The van der Waals surface area contributed by atoms with Crippen molar-refractivity contribution in [2.75, 3.05) is 0 Å². The second kappa shape index (κ2) is 5.27. The van der Waals surface area contributed by atoms with E-state index >= 15 is 0 Å². The van der Waals surface area contributed by atoms with Crippen LogP contribution in [0, 0.1) is 13.8 Å². The molecule has 3 heterocycles. The first-order valence-electron chi connectivity index (χ1n) is 6.48. The third-order valence-electron chi connectivity index (χ3n) is 3.39. The molecule has 110 valence electrons. The lowest BCUT2D eigenvalue weighted by molar-refractivity contribution is 0.781. The summed E-state index contributed by atoms with van der Waals surface area (Å²) in [6.45, 7) is 5.97. The number of aryl methyl sites for hydroxylation is 3. The van der Waals surface area contributed by atoms with Gasteiger partial charge in [0.1, 0.15) is 17.0 Å². The number of rotatable bonds is 3. The highest BCUT2D eigenvalue weighted by Gasteiger charge is 2.17. The average Bonchev–Trinajstić information content (AvgIpc) is 2.95. The molecule has 0 unspecified atom stereocenters. The Labute approximate surface area is 129 Å². The third-order valence-corrected chi connectivity index (χ3v) is 5.65. The monoisotopic (exact) mass is 321 g/mol. The predicted octanol–water partition coefficient (Wildman–Crippen LogP) is 2.58. The molecule has 0 spiro atoms. The maximum absolute atomic E-state index is 12.3. The molecule has 0 saturated heterocycles. The van der Waals surface area contributed by atoms with Crippen LogP contribution in [-0.2, 0) is 7.05 Å². The van der Waals surface area contributed by atoms with Crippen molar-refractivity contribution in [1.29, 1.82) is 0 Å². The van der Waals surface area contributed by atoms with Crippen molar-refractivity contribution in [3.8, 4) is 0 Å². The van der Waals surface area contributed by atoms with Crippen LogP contribution in [0.1, 0.15) is 28.4 Å². The molecular formula is C13H15N5OS2. The normalized spacial score (nSPS) is 13.0. The highest BCUT2D eigenvalue weighted by Crippen LogP contribution is 2.33. The summed E-state index contributed by atoms with van der Waals surface area (Å²) < 4.78 is 1.84. The van der Waals surface area contributed by atoms with E-state index in [0.29, 0.717) is 11.2 Å². The maximum atomic E-state index is 12.3. The minimum absolute atomic E-state index is 0.00675. The molecule has 0 aliphatic rings. The standard InChI is InChI=1S/C13H15N5OS2/c1-6-7(2)20-12-9(6)11(19)15-10(16-12)8(3)21-13-17-14-5-18(13)4/h5,8H,1-4H3,(H,15,16,19)/t8-/m0/s1. The van der Waals surface area contributed by atoms with E-state index in [-0.39, 0.29) is 10.8 Å².